The van der Waals surface area contributed by atoms with Crippen LogP contribution in [0, 0.1) is 0 Å². The molecular formula is C39H30N4O3S. The first-order valence-electron chi connectivity index (χ1n) is 14.9. The summed E-state index contributed by atoms with van der Waals surface area (Å²) in [6, 6.07) is 43.0. The van der Waals surface area contributed by atoms with Gasteiger partial charge in [0.25, 0.3) is 11.8 Å². The molecule has 0 fully saturated rings. The standard InChI is InChI=1S/C39H30N4O3S/c44-37(30-14-5-2-6-15-30)43-35(24-27-10-9-23-40-26-27)38(45)41-32-19-21-34(22-20-32)47-36(29-12-3-1-4-13-29)39(46)42-33-18-17-28-11-7-8-16-31(28)25-33/h1-26,36H,(H,41,45)(H,42,46)(H,43,44)/b35-24-. The molecule has 0 saturated carbocycles. The topological polar surface area (TPSA) is 100 Å². The number of hydrogen-bond acceptors (Lipinski definition) is 5. The number of pyridine rings is 1. The maximum Gasteiger partial charge on any atom is 0.272 e. The van der Waals surface area contributed by atoms with Crippen molar-refractivity contribution in [1.29, 1.82) is 0 Å². The van der Waals surface area contributed by atoms with Crippen LogP contribution in [0.2, 0.25) is 0 Å². The van der Waals surface area contributed by atoms with Crippen LogP contribution in [0.15, 0.2) is 163 Å². The van der Waals surface area contributed by atoms with Crippen LogP contribution in [0.1, 0.15) is 26.7 Å². The molecule has 3 amide bonds. The highest BCUT2D eigenvalue weighted by molar-refractivity contribution is 8.00. The third-order valence-corrected chi connectivity index (χ3v) is 8.51. The Labute approximate surface area is 276 Å². The third-order valence-electron chi connectivity index (χ3n) is 7.25. The van der Waals surface area contributed by atoms with E-state index in [0.717, 1.165) is 26.9 Å². The number of anilines is 2. The smallest absolute Gasteiger partial charge is 0.272 e. The lowest BCUT2D eigenvalue weighted by Crippen LogP contribution is -2.30. The molecule has 47 heavy (non-hydrogen) atoms. The Hall–Kier alpha value is -5.99. The van der Waals surface area contributed by atoms with Crippen LogP contribution >= 0.6 is 11.8 Å². The zero-order chi connectivity index (χ0) is 32.4. The predicted molar refractivity (Wildman–Crippen MR) is 189 cm³/mol. The number of rotatable bonds is 10. The van der Waals surface area contributed by atoms with Gasteiger partial charge in [0.15, 0.2) is 0 Å². The molecule has 6 rings (SSSR count). The quantitative estimate of drug-likeness (QED) is 0.104. The van der Waals surface area contributed by atoms with E-state index in [9.17, 15) is 14.4 Å². The molecule has 0 aliphatic heterocycles. The number of amides is 3. The van der Waals surface area contributed by atoms with Crippen molar-refractivity contribution in [3.8, 4) is 0 Å². The molecule has 5 aromatic carbocycles. The largest absolute Gasteiger partial charge is 0.325 e. The van der Waals surface area contributed by atoms with Gasteiger partial charge in [0, 0.05) is 34.2 Å². The highest BCUT2D eigenvalue weighted by Crippen LogP contribution is 2.37. The molecule has 230 valence electrons. The van der Waals surface area contributed by atoms with Gasteiger partial charge in [-0.2, -0.15) is 0 Å². The van der Waals surface area contributed by atoms with E-state index in [0.29, 0.717) is 16.8 Å². The van der Waals surface area contributed by atoms with Crippen molar-refractivity contribution in [3.05, 3.63) is 174 Å². The van der Waals surface area contributed by atoms with Crippen LogP contribution in [0.3, 0.4) is 0 Å². The van der Waals surface area contributed by atoms with Crippen molar-refractivity contribution in [1.82, 2.24) is 10.3 Å². The minimum absolute atomic E-state index is 0.0693. The van der Waals surface area contributed by atoms with E-state index in [-0.39, 0.29) is 11.6 Å². The second-order valence-corrected chi connectivity index (χ2v) is 11.8. The number of hydrogen-bond donors (Lipinski definition) is 3. The zero-order valence-electron chi connectivity index (χ0n) is 25.2. The lowest BCUT2D eigenvalue weighted by Gasteiger charge is -2.18. The van der Waals surface area contributed by atoms with E-state index in [1.54, 1.807) is 67.0 Å². The molecule has 6 aromatic rings. The molecule has 7 nitrogen and oxygen atoms in total. The summed E-state index contributed by atoms with van der Waals surface area (Å²) in [6.45, 7) is 0. The molecule has 0 radical (unpaired) electrons. The maximum atomic E-state index is 13.6. The van der Waals surface area contributed by atoms with Gasteiger partial charge < -0.3 is 16.0 Å². The van der Waals surface area contributed by atoms with Crippen LogP contribution in [0.4, 0.5) is 11.4 Å². The first kappa shape index (κ1) is 31.0. The van der Waals surface area contributed by atoms with Crippen molar-refractivity contribution in [2.75, 3.05) is 10.6 Å². The van der Waals surface area contributed by atoms with Gasteiger partial charge in [-0.3, -0.25) is 19.4 Å². The van der Waals surface area contributed by atoms with Gasteiger partial charge in [0.1, 0.15) is 10.9 Å². The molecule has 0 spiro atoms. The minimum Gasteiger partial charge on any atom is -0.325 e. The van der Waals surface area contributed by atoms with E-state index in [1.165, 1.54) is 11.8 Å². The minimum atomic E-state index is -0.523. The van der Waals surface area contributed by atoms with Crippen molar-refractivity contribution < 1.29 is 14.4 Å². The summed E-state index contributed by atoms with van der Waals surface area (Å²) in [4.78, 5) is 44.9. The van der Waals surface area contributed by atoms with Crippen molar-refractivity contribution >= 4 is 57.7 Å². The molecule has 0 aliphatic carbocycles. The van der Waals surface area contributed by atoms with Crippen LogP contribution < -0.4 is 16.0 Å². The third kappa shape index (κ3) is 8.19. The van der Waals surface area contributed by atoms with E-state index in [2.05, 4.69) is 20.9 Å². The average molecular weight is 635 g/mol. The second-order valence-electron chi connectivity index (χ2n) is 10.6. The van der Waals surface area contributed by atoms with E-state index in [1.807, 2.05) is 91.0 Å². The molecule has 8 heteroatoms. The Kier molecular flexibility index (Phi) is 9.81. The van der Waals surface area contributed by atoms with E-state index in [4.69, 9.17) is 0 Å². The summed E-state index contributed by atoms with van der Waals surface area (Å²) in [5.41, 5.74) is 3.28. The number of thioether (sulfide) groups is 1. The molecule has 0 bridgehead atoms. The number of aromatic nitrogens is 1. The first-order chi connectivity index (χ1) is 23.0. The maximum absolute atomic E-state index is 13.6. The Morgan fingerprint density at radius 2 is 1.34 bits per heavy atom. The van der Waals surface area contributed by atoms with E-state index >= 15 is 0 Å². The SMILES string of the molecule is O=C(Nc1ccc(SC(C(=O)Nc2ccc3ccccc3c2)c2ccccc2)cc1)/C(=C/c1cccnc1)NC(=O)c1ccccc1. The Balaban J connectivity index is 1.18. The molecule has 0 saturated heterocycles. The Morgan fingerprint density at radius 3 is 2.06 bits per heavy atom. The van der Waals surface area contributed by atoms with Gasteiger partial charge in [-0.25, -0.2) is 0 Å². The summed E-state index contributed by atoms with van der Waals surface area (Å²) in [5.74, 6) is -1.04. The Morgan fingerprint density at radius 1 is 0.660 bits per heavy atom. The fourth-order valence-electron chi connectivity index (χ4n) is 4.90. The van der Waals surface area contributed by atoms with Crippen LogP contribution in [0.25, 0.3) is 16.8 Å². The fraction of sp³-hybridized carbons (Fsp3) is 0.0256. The predicted octanol–water partition coefficient (Wildman–Crippen LogP) is 8.12. The molecule has 1 aromatic heterocycles. The number of carbonyl (C=O) groups excluding carboxylic acids is 3. The lowest BCUT2D eigenvalue weighted by molar-refractivity contribution is -0.116. The highest BCUT2D eigenvalue weighted by Gasteiger charge is 2.23. The normalized spacial score (nSPS) is 11.8. The summed E-state index contributed by atoms with van der Waals surface area (Å²) >= 11 is 1.41. The summed E-state index contributed by atoms with van der Waals surface area (Å²) < 4.78 is 0. The second kappa shape index (κ2) is 14.9. The van der Waals surface area contributed by atoms with Crippen molar-refractivity contribution in [3.63, 3.8) is 0 Å². The molecule has 0 aliphatic rings. The molecule has 1 atom stereocenters. The van der Waals surface area contributed by atoms with Gasteiger partial charge in [-0.05, 0) is 82.6 Å². The van der Waals surface area contributed by atoms with Gasteiger partial charge in [0.2, 0.25) is 5.91 Å². The number of benzene rings is 5. The highest BCUT2D eigenvalue weighted by atomic mass is 32.2. The molecule has 1 unspecified atom stereocenters. The van der Waals surface area contributed by atoms with Gasteiger partial charge in [-0.1, -0.05) is 84.9 Å². The Bertz CT molecular complexity index is 2030. The van der Waals surface area contributed by atoms with Gasteiger partial charge in [-0.15, -0.1) is 11.8 Å². The monoisotopic (exact) mass is 634 g/mol. The average Bonchev–Trinajstić information content (AvgIpc) is 3.12. The van der Waals surface area contributed by atoms with Crippen molar-refractivity contribution in [2.45, 2.75) is 10.1 Å². The van der Waals surface area contributed by atoms with Crippen LogP contribution in [-0.2, 0) is 9.59 Å². The molecular weight excluding hydrogens is 605 g/mol. The van der Waals surface area contributed by atoms with Gasteiger partial charge in [0.05, 0.1) is 0 Å². The number of nitrogens with one attached hydrogen (secondary N) is 3. The molecule has 3 N–H and O–H groups in total. The van der Waals surface area contributed by atoms with Gasteiger partial charge >= 0.3 is 0 Å². The number of fused-ring (bicyclic) bond motifs is 1. The van der Waals surface area contributed by atoms with E-state index < -0.39 is 17.1 Å². The number of nitrogens with zero attached hydrogens (tertiary/aromatic N) is 1. The number of carbonyl (C=O) groups is 3. The molecule has 1 heterocycles. The summed E-state index contributed by atoms with van der Waals surface area (Å²) in [5, 5.41) is 10.3. The first-order valence-corrected chi connectivity index (χ1v) is 15.8. The summed E-state index contributed by atoms with van der Waals surface area (Å²) in [6.07, 6.45) is 4.81. The lowest BCUT2D eigenvalue weighted by atomic mass is 10.1. The van der Waals surface area contributed by atoms with Crippen LogP contribution in [-0.4, -0.2) is 22.7 Å². The van der Waals surface area contributed by atoms with Crippen molar-refractivity contribution in [2.24, 2.45) is 0 Å². The zero-order valence-corrected chi connectivity index (χ0v) is 26.0. The summed E-state index contributed by atoms with van der Waals surface area (Å²) in [7, 11) is 0. The van der Waals surface area contributed by atoms with Crippen LogP contribution in [0.5, 0.6) is 0 Å². The fourth-order valence-corrected chi connectivity index (χ4v) is 5.92.